The molecule has 0 aliphatic heterocycles. The van der Waals surface area contributed by atoms with Gasteiger partial charge < -0.3 is 0 Å². The fraction of sp³-hybridized carbons (Fsp3) is 0.667. The average Bonchev–Trinajstić information content (AvgIpc) is 2.54. The second-order valence-corrected chi connectivity index (χ2v) is 5.88. The second-order valence-electron chi connectivity index (χ2n) is 3.95. The van der Waals surface area contributed by atoms with Crippen LogP contribution in [0.25, 0.3) is 0 Å². The van der Waals surface area contributed by atoms with Crippen LogP contribution in [0, 0.1) is 0 Å². The van der Waals surface area contributed by atoms with Gasteiger partial charge in [0.2, 0.25) is 0 Å². The lowest BCUT2D eigenvalue weighted by Crippen LogP contribution is -2.03. The van der Waals surface area contributed by atoms with Gasteiger partial charge in [-0.3, -0.25) is 4.68 Å². The van der Waals surface area contributed by atoms with E-state index in [2.05, 4.69) is 5.10 Å². The van der Waals surface area contributed by atoms with Crippen molar-refractivity contribution in [2.45, 2.75) is 36.6 Å². The highest BCUT2D eigenvalue weighted by atomic mass is 35.5. The van der Waals surface area contributed by atoms with Gasteiger partial charge in [-0.05, 0) is 26.3 Å². The minimum atomic E-state index is -0.626. The van der Waals surface area contributed by atoms with Gasteiger partial charge in [0.05, 0.1) is 5.69 Å². The van der Waals surface area contributed by atoms with Gasteiger partial charge in [0, 0.05) is 12.0 Å². The standard InChI is InChI=1S/C9H11Cl3N2/c1-5(2)14-8(10)3-7(13-14)6-4-9(6,11)12/h3,5-6H,4H2,1-2H3. The monoisotopic (exact) mass is 252 g/mol. The minimum absolute atomic E-state index is 0.142. The highest BCUT2D eigenvalue weighted by Gasteiger charge is 2.54. The fourth-order valence-electron chi connectivity index (χ4n) is 1.46. The molecule has 14 heavy (non-hydrogen) atoms. The number of halogens is 3. The molecule has 1 saturated carbocycles. The highest BCUT2D eigenvalue weighted by molar-refractivity contribution is 6.51. The number of rotatable bonds is 2. The molecule has 1 aromatic heterocycles. The minimum Gasteiger partial charge on any atom is -0.251 e. The third-order valence-electron chi connectivity index (χ3n) is 2.38. The third-order valence-corrected chi connectivity index (χ3v) is 3.50. The van der Waals surface area contributed by atoms with Crippen molar-refractivity contribution in [2.24, 2.45) is 0 Å². The Morgan fingerprint density at radius 1 is 1.57 bits per heavy atom. The zero-order valence-corrected chi connectivity index (χ0v) is 10.2. The SMILES string of the molecule is CC(C)n1nc(C2CC2(Cl)Cl)cc1Cl. The van der Waals surface area contributed by atoms with Crippen LogP contribution in [0.1, 0.15) is 37.9 Å². The number of hydrogen-bond donors (Lipinski definition) is 0. The van der Waals surface area contributed by atoms with Crippen LogP contribution in [0.15, 0.2) is 6.07 Å². The van der Waals surface area contributed by atoms with Crippen LogP contribution in [0.3, 0.4) is 0 Å². The topological polar surface area (TPSA) is 17.8 Å². The Balaban J connectivity index is 2.26. The summed E-state index contributed by atoms with van der Waals surface area (Å²) in [6.07, 6.45) is 0.765. The van der Waals surface area contributed by atoms with Crippen molar-refractivity contribution in [3.63, 3.8) is 0 Å². The van der Waals surface area contributed by atoms with Gasteiger partial charge in [0.1, 0.15) is 9.49 Å². The van der Waals surface area contributed by atoms with Gasteiger partial charge in [0.25, 0.3) is 0 Å². The van der Waals surface area contributed by atoms with Gasteiger partial charge in [-0.2, -0.15) is 5.10 Å². The molecule has 0 amide bonds. The first-order valence-corrected chi connectivity index (χ1v) is 5.68. The van der Waals surface area contributed by atoms with Crippen LogP contribution in [0.4, 0.5) is 0 Å². The quantitative estimate of drug-likeness (QED) is 0.734. The molecule has 0 spiro atoms. The molecule has 0 radical (unpaired) electrons. The van der Waals surface area contributed by atoms with Gasteiger partial charge in [-0.15, -0.1) is 23.2 Å². The maximum Gasteiger partial charge on any atom is 0.127 e. The normalized spacial score (nSPS) is 24.3. The van der Waals surface area contributed by atoms with Crippen LogP contribution in [-0.2, 0) is 0 Å². The first kappa shape index (κ1) is 10.6. The van der Waals surface area contributed by atoms with Gasteiger partial charge >= 0.3 is 0 Å². The van der Waals surface area contributed by atoms with Crippen molar-refractivity contribution < 1.29 is 0 Å². The Kier molecular flexibility index (Phi) is 2.49. The van der Waals surface area contributed by atoms with Crippen molar-refractivity contribution in [3.8, 4) is 0 Å². The molecule has 1 fully saturated rings. The van der Waals surface area contributed by atoms with E-state index in [4.69, 9.17) is 34.8 Å². The van der Waals surface area contributed by atoms with Crippen molar-refractivity contribution in [1.29, 1.82) is 0 Å². The number of hydrogen-bond acceptors (Lipinski definition) is 1. The van der Waals surface area contributed by atoms with E-state index in [9.17, 15) is 0 Å². The number of aromatic nitrogens is 2. The molecule has 1 aromatic rings. The molecule has 1 atom stereocenters. The fourth-order valence-corrected chi connectivity index (χ4v) is 2.33. The summed E-state index contributed by atoms with van der Waals surface area (Å²) in [4.78, 5) is 0. The molecule has 1 heterocycles. The molecule has 0 N–H and O–H groups in total. The largest absolute Gasteiger partial charge is 0.251 e. The maximum absolute atomic E-state index is 6.02. The molecule has 2 rings (SSSR count). The van der Waals surface area contributed by atoms with E-state index in [1.165, 1.54) is 0 Å². The maximum atomic E-state index is 6.02. The lowest BCUT2D eigenvalue weighted by molar-refractivity contribution is 0.527. The Hall–Kier alpha value is 0.0800. The van der Waals surface area contributed by atoms with Crippen LogP contribution in [-0.4, -0.2) is 14.1 Å². The molecule has 1 unspecified atom stereocenters. The Bertz CT molecular complexity index is 357. The molecular weight excluding hydrogens is 242 g/mol. The van der Waals surface area contributed by atoms with Gasteiger partial charge in [-0.1, -0.05) is 11.6 Å². The van der Waals surface area contributed by atoms with E-state index in [0.717, 1.165) is 12.1 Å². The van der Waals surface area contributed by atoms with Crippen molar-refractivity contribution in [3.05, 3.63) is 16.9 Å². The summed E-state index contributed by atoms with van der Waals surface area (Å²) in [5.74, 6) is 0.142. The summed E-state index contributed by atoms with van der Waals surface area (Å²) < 4.78 is 1.15. The smallest absolute Gasteiger partial charge is 0.127 e. The van der Waals surface area contributed by atoms with Crippen LogP contribution in [0.5, 0.6) is 0 Å². The predicted molar refractivity (Wildman–Crippen MR) is 59.4 cm³/mol. The second kappa shape index (κ2) is 3.29. The predicted octanol–water partition coefficient (Wildman–Crippen LogP) is 3.78. The van der Waals surface area contributed by atoms with E-state index < -0.39 is 4.33 Å². The lowest BCUT2D eigenvalue weighted by atomic mass is 10.3. The molecule has 2 nitrogen and oxygen atoms in total. The molecular formula is C9H11Cl3N2. The number of nitrogens with zero attached hydrogens (tertiary/aromatic N) is 2. The molecule has 0 saturated heterocycles. The molecule has 0 bridgehead atoms. The van der Waals surface area contributed by atoms with Crippen LogP contribution >= 0.6 is 34.8 Å². The van der Waals surface area contributed by atoms with Crippen LogP contribution in [0.2, 0.25) is 5.15 Å². The highest BCUT2D eigenvalue weighted by Crippen LogP contribution is 2.59. The summed E-state index contributed by atoms with van der Waals surface area (Å²) >= 11 is 17.9. The van der Waals surface area contributed by atoms with Crippen molar-refractivity contribution >= 4 is 34.8 Å². The summed E-state index contributed by atoms with van der Waals surface area (Å²) in [6, 6.07) is 2.11. The lowest BCUT2D eigenvalue weighted by Gasteiger charge is -2.05. The van der Waals surface area contributed by atoms with Gasteiger partial charge in [-0.25, -0.2) is 0 Å². The van der Waals surface area contributed by atoms with Gasteiger partial charge in [0.15, 0.2) is 0 Å². The summed E-state index contributed by atoms with van der Waals surface area (Å²) in [6.45, 7) is 4.06. The van der Waals surface area contributed by atoms with Crippen molar-refractivity contribution in [2.75, 3.05) is 0 Å². The molecule has 78 valence electrons. The van der Waals surface area contributed by atoms with E-state index in [0.29, 0.717) is 5.15 Å². The summed E-state index contributed by atoms with van der Waals surface area (Å²) in [5, 5.41) is 5.03. The molecule has 5 heteroatoms. The van der Waals surface area contributed by atoms with E-state index in [1.54, 1.807) is 4.68 Å². The molecule has 0 aromatic carbocycles. The molecule has 1 aliphatic rings. The number of alkyl halides is 2. The summed E-state index contributed by atoms with van der Waals surface area (Å²) in [5.41, 5.74) is 0.897. The first-order chi connectivity index (χ1) is 6.42. The Labute approximate surface area is 98.1 Å². The van der Waals surface area contributed by atoms with E-state index in [-0.39, 0.29) is 12.0 Å². The van der Waals surface area contributed by atoms with Crippen molar-refractivity contribution in [1.82, 2.24) is 9.78 Å². The zero-order valence-electron chi connectivity index (χ0n) is 7.97. The summed E-state index contributed by atoms with van der Waals surface area (Å²) in [7, 11) is 0. The Morgan fingerprint density at radius 2 is 2.14 bits per heavy atom. The zero-order chi connectivity index (χ0) is 10.5. The first-order valence-electron chi connectivity index (χ1n) is 4.54. The third kappa shape index (κ3) is 1.75. The Morgan fingerprint density at radius 3 is 2.50 bits per heavy atom. The van der Waals surface area contributed by atoms with E-state index in [1.807, 2.05) is 19.9 Å². The molecule has 1 aliphatic carbocycles. The average molecular weight is 254 g/mol. The van der Waals surface area contributed by atoms with E-state index >= 15 is 0 Å². The van der Waals surface area contributed by atoms with Crippen LogP contribution < -0.4 is 0 Å².